The summed E-state index contributed by atoms with van der Waals surface area (Å²) in [4.78, 5) is 9.83. The van der Waals surface area contributed by atoms with E-state index < -0.39 is 0 Å². The molecule has 5 rings (SSSR count). The third kappa shape index (κ3) is 8.35. The van der Waals surface area contributed by atoms with Gasteiger partial charge in [-0.25, -0.2) is 9.98 Å². The Hall–Kier alpha value is -3.80. The quantitative estimate of drug-likeness (QED) is 0.127. The average molecular weight is 626 g/mol. The summed E-state index contributed by atoms with van der Waals surface area (Å²) in [5, 5.41) is 0. The number of rotatable bonds is 8. The van der Waals surface area contributed by atoms with Gasteiger partial charge in [-0.05, 0) is 74.5 Å². The van der Waals surface area contributed by atoms with Gasteiger partial charge in [0.1, 0.15) is 22.9 Å². The van der Waals surface area contributed by atoms with Gasteiger partial charge >= 0.3 is 33.3 Å². The number of aromatic nitrogens is 1. The van der Waals surface area contributed by atoms with Crippen LogP contribution < -0.4 is 9.47 Å². The first kappa shape index (κ1) is 30.2. The molecule has 0 aliphatic rings. The van der Waals surface area contributed by atoms with Crippen LogP contribution in [0, 0.1) is 0 Å². The number of ether oxygens (including phenoxy) is 2. The van der Waals surface area contributed by atoms with E-state index in [2.05, 4.69) is 16.7 Å². The number of aliphatic imine (C=N–C) groups is 2. The molecule has 1 aromatic heterocycles. The normalized spacial score (nSPS) is 11.5. The molecule has 0 amide bonds. The van der Waals surface area contributed by atoms with E-state index in [9.17, 15) is 0 Å². The van der Waals surface area contributed by atoms with Crippen molar-refractivity contribution in [3.63, 3.8) is 0 Å². The van der Waals surface area contributed by atoms with Crippen molar-refractivity contribution in [1.29, 1.82) is 0 Å². The van der Waals surface area contributed by atoms with Crippen LogP contribution in [0.25, 0.3) is 0 Å². The first-order valence-corrected chi connectivity index (χ1v) is 15.8. The van der Waals surface area contributed by atoms with Crippen molar-refractivity contribution in [3.8, 4) is 23.0 Å². The molecule has 0 saturated heterocycles. The number of para-hydroxylation sites is 6. The zero-order valence-corrected chi connectivity index (χ0v) is 25.4. The van der Waals surface area contributed by atoms with Crippen molar-refractivity contribution < 1.29 is 22.6 Å². The predicted octanol–water partition coefficient (Wildman–Crippen LogP) is 10.3. The van der Waals surface area contributed by atoms with Crippen molar-refractivity contribution in [1.82, 2.24) is 4.57 Å². The Morgan fingerprint density at radius 1 is 0.561 bits per heavy atom. The Labute approximate surface area is 255 Å². The van der Waals surface area contributed by atoms with Crippen LogP contribution in [0.4, 0.5) is 11.4 Å². The molecular formula is C33H29Cl2FeN3O2. The molecule has 0 aliphatic carbocycles. The van der Waals surface area contributed by atoms with Crippen molar-refractivity contribution in [2.45, 2.75) is 13.8 Å². The van der Waals surface area contributed by atoms with Gasteiger partial charge in [-0.2, -0.15) is 0 Å². The molecule has 1 heterocycles. The molecule has 0 N–H and O–H groups in total. The summed E-state index contributed by atoms with van der Waals surface area (Å²) in [7, 11) is 11.6. The summed E-state index contributed by atoms with van der Waals surface area (Å²) in [5.41, 5.74) is 5.30. The van der Waals surface area contributed by atoms with Crippen LogP contribution in [-0.4, -0.2) is 16.0 Å². The molecule has 5 aromatic rings. The van der Waals surface area contributed by atoms with Crippen molar-refractivity contribution in [2.24, 2.45) is 17.0 Å². The second kappa shape index (κ2) is 15.3. The second-order valence-corrected chi connectivity index (χ2v) is 10.7. The van der Waals surface area contributed by atoms with Crippen molar-refractivity contribution in [2.75, 3.05) is 0 Å². The van der Waals surface area contributed by atoms with E-state index in [-0.39, 0.29) is 13.1 Å². The van der Waals surface area contributed by atoms with Gasteiger partial charge in [0.25, 0.3) is 0 Å². The van der Waals surface area contributed by atoms with Gasteiger partial charge in [0.2, 0.25) is 0 Å². The zero-order chi connectivity index (χ0) is 29.0. The maximum atomic E-state index is 6.10. The molecule has 0 radical (unpaired) electrons. The van der Waals surface area contributed by atoms with Crippen LogP contribution in [0.3, 0.4) is 0 Å². The van der Waals surface area contributed by atoms with Crippen LogP contribution in [0.2, 0.25) is 0 Å². The number of hydrogen-bond acceptors (Lipinski definition) is 4. The molecule has 0 spiro atoms. The third-order valence-corrected chi connectivity index (χ3v) is 6.11. The molecule has 0 aliphatic heterocycles. The molecule has 0 bridgehead atoms. The van der Waals surface area contributed by atoms with E-state index in [0.29, 0.717) is 11.5 Å². The van der Waals surface area contributed by atoms with Crippen molar-refractivity contribution in [3.05, 3.63) is 133 Å². The Morgan fingerprint density at radius 2 is 0.902 bits per heavy atom. The van der Waals surface area contributed by atoms with E-state index in [1.54, 1.807) is 0 Å². The van der Waals surface area contributed by atoms with Gasteiger partial charge in [0.05, 0.1) is 22.8 Å². The fourth-order valence-corrected chi connectivity index (χ4v) is 4.22. The minimum absolute atomic E-state index is 0.194. The Kier molecular flexibility index (Phi) is 11.2. The zero-order valence-electron chi connectivity index (χ0n) is 22.8. The summed E-state index contributed by atoms with van der Waals surface area (Å²) < 4.78 is 14.3. The van der Waals surface area contributed by atoms with Crippen LogP contribution in [0.15, 0.2) is 131 Å². The van der Waals surface area contributed by atoms with Gasteiger partial charge in [-0.15, -0.1) is 0 Å². The Bertz CT molecular complexity index is 1500. The summed E-state index contributed by atoms with van der Waals surface area (Å²) in [6.45, 7) is 4.02. The average Bonchev–Trinajstić information content (AvgIpc) is 3.38. The van der Waals surface area contributed by atoms with E-state index in [0.717, 1.165) is 45.7 Å². The molecule has 41 heavy (non-hydrogen) atoms. The molecule has 8 heteroatoms. The second-order valence-electron chi connectivity index (χ2n) is 8.87. The van der Waals surface area contributed by atoms with Gasteiger partial charge in [0.15, 0.2) is 11.5 Å². The van der Waals surface area contributed by atoms with Crippen molar-refractivity contribution >= 4 is 43.0 Å². The van der Waals surface area contributed by atoms with E-state index in [4.69, 9.17) is 39.7 Å². The van der Waals surface area contributed by atoms with Crippen LogP contribution >= 0.6 is 20.2 Å². The molecule has 0 unspecified atom stereocenters. The van der Waals surface area contributed by atoms with Gasteiger partial charge in [0, 0.05) is 7.05 Å². The fourth-order valence-electron chi connectivity index (χ4n) is 4.22. The summed E-state index contributed by atoms with van der Waals surface area (Å²) >= 11 is 0.194. The number of nitrogens with zero attached hydrogens (tertiary/aromatic N) is 3. The van der Waals surface area contributed by atoms with E-state index >= 15 is 0 Å². The topological polar surface area (TPSA) is 48.1 Å². The van der Waals surface area contributed by atoms with Crippen LogP contribution in [0.5, 0.6) is 23.0 Å². The Balaban J connectivity index is 0.00000124. The SMILES string of the molecule is CC(=Nc1ccccc1Oc1ccccc1)c1ccc(C(C)=Nc2ccccc2Oc2ccccc2)n1C.[Cl][Fe][Cl]. The monoisotopic (exact) mass is 625 g/mol. The number of hydrogen-bond donors (Lipinski definition) is 0. The van der Waals surface area contributed by atoms with Crippen LogP contribution in [0.1, 0.15) is 25.2 Å². The molecule has 0 saturated carbocycles. The first-order chi connectivity index (χ1) is 20.0. The molecule has 4 aromatic carbocycles. The maximum absolute atomic E-state index is 6.10. The Morgan fingerprint density at radius 3 is 1.29 bits per heavy atom. The summed E-state index contributed by atoms with van der Waals surface area (Å²) in [6, 6.07) is 39.2. The molecule has 5 nitrogen and oxygen atoms in total. The molecule has 0 fully saturated rings. The van der Waals surface area contributed by atoms with Gasteiger partial charge < -0.3 is 14.0 Å². The van der Waals surface area contributed by atoms with Gasteiger partial charge in [-0.3, -0.25) is 0 Å². The van der Waals surface area contributed by atoms with E-state index in [1.807, 2.05) is 130 Å². The number of halogens is 2. The molecule has 0 atom stereocenters. The third-order valence-electron chi connectivity index (χ3n) is 6.11. The molecular weight excluding hydrogens is 597 g/mol. The standard InChI is InChI=1S/C33H29N3O2.2ClH.Fe/c1-24(34-28-18-10-12-20-32(28)37-26-14-6-4-7-15-26)30-22-23-31(36(30)3)25(2)35-29-19-11-13-21-33(29)38-27-16-8-5-9-17-27;;;/h4-23H,1-3H3;2*1H;/q;;;+2/p-2. The minimum atomic E-state index is 0.194. The first-order valence-electron chi connectivity index (χ1n) is 12.8. The predicted molar refractivity (Wildman–Crippen MR) is 167 cm³/mol. The van der Waals surface area contributed by atoms with E-state index in [1.165, 1.54) is 0 Å². The summed E-state index contributed by atoms with van der Waals surface area (Å²) in [6.07, 6.45) is 0. The number of benzene rings is 4. The van der Waals surface area contributed by atoms with Gasteiger partial charge in [-0.1, -0.05) is 60.7 Å². The fraction of sp³-hybridized carbons (Fsp3) is 0.0909. The molecule has 210 valence electrons. The van der Waals surface area contributed by atoms with Crippen LogP contribution in [-0.2, 0) is 20.2 Å². The summed E-state index contributed by atoms with van der Waals surface area (Å²) in [5.74, 6) is 2.97.